The molecule has 0 fully saturated rings. The van der Waals surface area contributed by atoms with Crippen LogP contribution >= 0.6 is 0 Å². The van der Waals surface area contributed by atoms with Crippen molar-refractivity contribution < 1.29 is 8.42 Å². The maximum Gasteiger partial charge on any atom is 0.154 e. The monoisotopic (exact) mass is 179 g/mol. The van der Waals surface area contributed by atoms with Gasteiger partial charge in [-0.05, 0) is 13.3 Å². The van der Waals surface area contributed by atoms with Gasteiger partial charge in [0, 0.05) is 11.8 Å². The Morgan fingerprint density at radius 2 is 1.82 bits per heavy atom. The summed E-state index contributed by atoms with van der Waals surface area (Å²) >= 11 is 0. The van der Waals surface area contributed by atoms with E-state index >= 15 is 0 Å². The van der Waals surface area contributed by atoms with Gasteiger partial charge in [-0.25, -0.2) is 8.42 Å². The molecule has 0 rings (SSSR count). The molecule has 0 aromatic rings. The highest BCUT2D eigenvalue weighted by atomic mass is 32.2. The normalized spacial score (nSPS) is 17.8. The second-order valence-corrected chi connectivity index (χ2v) is 5.27. The van der Waals surface area contributed by atoms with Crippen molar-refractivity contribution in [1.29, 1.82) is 0 Å². The summed E-state index contributed by atoms with van der Waals surface area (Å²) in [6.07, 6.45) is 0.605. The molecule has 0 aliphatic rings. The highest BCUT2D eigenvalue weighted by Crippen LogP contribution is 2.09. The van der Waals surface area contributed by atoms with Gasteiger partial charge in [0.1, 0.15) is 0 Å². The summed E-state index contributed by atoms with van der Waals surface area (Å²) in [6, 6.07) is -0.259. The van der Waals surface area contributed by atoms with E-state index in [0.717, 1.165) is 0 Å². The van der Waals surface area contributed by atoms with E-state index in [9.17, 15) is 8.42 Å². The fourth-order valence-corrected chi connectivity index (χ4v) is 2.76. The molecule has 0 saturated heterocycles. The van der Waals surface area contributed by atoms with Crippen LogP contribution in [0.25, 0.3) is 0 Å². The van der Waals surface area contributed by atoms with Crippen LogP contribution in [0.15, 0.2) is 0 Å². The molecule has 3 nitrogen and oxygen atoms in total. The first-order chi connectivity index (χ1) is 4.95. The van der Waals surface area contributed by atoms with Crippen molar-refractivity contribution in [2.75, 3.05) is 5.75 Å². The van der Waals surface area contributed by atoms with Gasteiger partial charge in [0.25, 0.3) is 0 Å². The second-order valence-electron chi connectivity index (χ2n) is 2.76. The van der Waals surface area contributed by atoms with Crippen LogP contribution in [0.5, 0.6) is 0 Å². The highest BCUT2D eigenvalue weighted by Gasteiger charge is 2.24. The molecule has 0 aromatic carbocycles. The molecule has 4 heteroatoms. The second kappa shape index (κ2) is 4.07. The number of hydrogen-bond acceptors (Lipinski definition) is 3. The Balaban J connectivity index is 4.51. The van der Waals surface area contributed by atoms with Crippen LogP contribution in [-0.4, -0.2) is 25.5 Å². The SMILES string of the molecule is CC[C@@H]([C@H](C)N)S(=O)(=O)CC. The first-order valence-corrected chi connectivity index (χ1v) is 5.64. The van der Waals surface area contributed by atoms with Crippen LogP contribution in [0.1, 0.15) is 27.2 Å². The molecule has 2 N–H and O–H groups in total. The maximum atomic E-state index is 11.3. The molecule has 0 aliphatic heterocycles. The summed E-state index contributed by atoms with van der Waals surface area (Å²) in [4.78, 5) is 0. The highest BCUT2D eigenvalue weighted by molar-refractivity contribution is 7.92. The van der Waals surface area contributed by atoms with Crippen molar-refractivity contribution in [3.05, 3.63) is 0 Å². The van der Waals surface area contributed by atoms with Crippen LogP contribution < -0.4 is 5.73 Å². The fraction of sp³-hybridized carbons (Fsp3) is 1.00. The molecule has 0 aliphatic carbocycles. The number of hydrogen-bond donors (Lipinski definition) is 1. The molecular weight excluding hydrogens is 162 g/mol. The van der Waals surface area contributed by atoms with Gasteiger partial charge in [-0.15, -0.1) is 0 Å². The van der Waals surface area contributed by atoms with Gasteiger partial charge in [-0.2, -0.15) is 0 Å². The fourth-order valence-electron chi connectivity index (χ4n) is 1.17. The zero-order valence-electron chi connectivity index (χ0n) is 7.37. The Hall–Kier alpha value is -0.0900. The van der Waals surface area contributed by atoms with Crippen LogP contribution in [0.4, 0.5) is 0 Å². The smallest absolute Gasteiger partial charge is 0.154 e. The quantitative estimate of drug-likeness (QED) is 0.685. The minimum absolute atomic E-state index is 0.188. The first-order valence-electron chi connectivity index (χ1n) is 3.92. The molecule has 68 valence electrons. The Bertz CT molecular complexity index is 196. The average molecular weight is 179 g/mol. The van der Waals surface area contributed by atoms with Crippen molar-refractivity contribution in [3.63, 3.8) is 0 Å². The van der Waals surface area contributed by atoms with Crippen molar-refractivity contribution >= 4 is 9.84 Å². The van der Waals surface area contributed by atoms with Gasteiger partial charge in [-0.3, -0.25) is 0 Å². The summed E-state index contributed by atoms with van der Waals surface area (Å²) in [6.45, 7) is 5.24. The standard InChI is InChI=1S/C7H17NO2S/c1-4-7(6(3)8)11(9,10)5-2/h6-7H,4-5,8H2,1-3H3/t6-,7-/m0/s1. The Morgan fingerprint density at radius 3 is 1.91 bits per heavy atom. The summed E-state index contributed by atoms with van der Waals surface area (Å²) in [5, 5.41) is -0.368. The maximum absolute atomic E-state index is 11.3. The van der Waals surface area contributed by atoms with E-state index < -0.39 is 9.84 Å². The molecular formula is C7H17NO2S. The van der Waals surface area contributed by atoms with Gasteiger partial charge in [0.05, 0.1) is 5.25 Å². The van der Waals surface area contributed by atoms with E-state index in [1.165, 1.54) is 0 Å². The lowest BCUT2D eigenvalue weighted by molar-refractivity contribution is 0.554. The number of nitrogens with two attached hydrogens (primary N) is 1. The third kappa shape index (κ3) is 2.79. The molecule has 0 unspecified atom stereocenters. The third-order valence-electron chi connectivity index (χ3n) is 1.85. The Morgan fingerprint density at radius 1 is 1.36 bits per heavy atom. The van der Waals surface area contributed by atoms with Crippen LogP contribution in [-0.2, 0) is 9.84 Å². The lowest BCUT2D eigenvalue weighted by atomic mass is 10.2. The van der Waals surface area contributed by atoms with Crippen molar-refractivity contribution in [3.8, 4) is 0 Å². The van der Waals surface area contributed by atoms with Crippen LogP contribution in [0.3, 0.4) is 0 Å². The van der Waals surface area contributed by atoms with E-state index in [2.05, 4.69) is 0 Å². The molecule has 0 heterocycles. The summed E-state index contributed by atoms with van der Waals surface area (Å²) in [5.41, 5.74) is 5.53. The Kier molecular flexibility index (Phi) is 4.03. The van der Waals surface area contributed by atoms with Crippen molar-refractivity contribution in [1.82, 2.24) is 0 Å². The minimum Gasteiger partial charge on any atom is -0.327 e. The number of rotatable bonds is 4. The first kappa shape index (κ1) is 10.9. The van der Waals surface area contributed by atoms with E-state index in [1.54, 1.807) is 13.8 Å². The summed E-state index contributed by atoms with van der Waals surface area (Å²) in [7, 11) is -2.93. The lowest BCUT2D eigenvalue weighted by Crippen LogP contribution is -2.38. The van der Waals surface area contributed by atoms with Crippen LogP contribution in [0.2, 0.25) is 0 Å². The average Bonchev–Trinajstić information content (AvgIpc) is 1.88. The summed E-state index contributed by atoms with van der Waals surface area (Å²) < 4.78 is 22.6. The predicted molar refractivity (Wildman–Crippen MR) is 47.2 cm³/mol. The zero-order chi connectivity index (χ0) is 9.07. The number of sulfone groups is 1. The van der Waals surface area contributed by atoms with E-state index in [4.69, 9.17) is 5.73 Å². The predicted octanol–water partition coefficient (Wildman–Crippen LogP) is 0.547. The summed E-state index contributed by atoms with van der Waals surface area (Å²) in [5.74, 6) is 0.188. The molecule has 0 spiro atoms. The topological polar surface area (TPSA) is 60.2 Å². The van der Waals surface area contributed by atoms with E-state index in [0.29, 0.717) is 6.42 Å². The third-order valence-corrected chi connectivity index (χ3v) is 4.34. The Labute approximate surface area is 68.9 Å². The van der Waals surface area contributed by atoms with Gasteiger partial charge >= 0.3 is 0 Å². The van der Waals surface area contributed by atoms with Gasteiger partial charge in [-0.1, -0.05) is 13.8 Å². The van der Waals surface area contributed by atoms with Crippen LogP contribution in [0, 0.1) is 0 Å². The van der Waals surface area contributed by atoms with Crippen molar-refractivity contribution in [2.45, 2.75) is 38.5 Å². The van der Waals surface area contributed by atoms with Gasteiger partial charge in [0.15, 0.2) is 9.84 Å². The van der Waals surface area contributed by atoms with Crippen molar-refractivity contribution in [2.24, 2.45) is 5.73 Å². The molecule has 0 saturated carbocycles. The van der Waals surface area contributed by atoms with E-state index in [-0.39, 0.29) is 17.0 Å². The van der Waals surface area contributed by atoms with Gasteiger partial charge < -0.3 is 5.73 Å². The molecule has 0 amide bonds. The zero-order valence-corrected chi connectivity index (χ0v) is 8.19. The minimum atomic E-state index is -2.93. The lowest BCUT2D eigenvalue weighted by Gasteiger charge is -2.17. The molecule has 0 radical (unpaired) electrons. The molecule has 0 aromatic heterocycles. The molecule has 0 bridgehead atoms. The van der Waals surface area contributed by atoms with E-state index in [1.807, 2.05) is 6.92 Å². The molecule has 2 atom stereocenters. The largest absolute Gasteiger partial charge is 0.327 e. The van der Waals surface area contributed by atoms with Gasteiger partial charge in [0.2, 0.25) is 0 Å². The molecule has 11 heavy (non-hydrogen) atoms.